The van der Waals surface area contributed by atoms with Crippen LogP contribution in [0.25, 0.3) is 0 Å². The number of rotatable bonds is 5. The molecule has 0 aromatic heterocycles. The molecule has 1 saturated heterocycles. The number of carbonyl (C=O) groups is 2. The maximum Gasteiger partial charge on any atom is 0.228 e. The first kappa shape index (κ1) is 17.3. The van der Waals surface area contributed by atoms with Crippen molar-refractivity contribution < 1.29 is 14.3 Å². The summed E-state index contributed by atoms with van der Waals surface area (Å²) in [6.45, 7) is 3.01. The van der Waals surface area contributed by atoms with Gasteiger partial charge in [-0.25, -0.2) is 0 Å². The predicted octanol–water partition coefficient (Wildman–Crippen LogP) is 1.79. The van der Waals surface area contributed by atoms with Gasteiger partial charge in [-0.05, 0) is 35.9 Å². The number of amides is 2. The Hall–Kier alpha value is -1.53. The van der Waals surface area contributed by atoms with E-state index in [1.807, 2.05) is 4.90 Å². The van der Waals surface area contributed by atoms with Gasteiger partial charge in [-0.2, -0.15) is 0 Å². The Balaban J connectivity index is 1.63. The van der Waals surface area contributed by atoms with Crippen LogP contribution in [0.2, 0.25) is 0 Å². The Labute approximate surface area is 147 Å². The maximum atomic E-state index is 12.8. The Morgan fingerprint density at radius 1 is 1.38 bits per heavy atom. The van der Waals surface area contributed by atoms with E-state index < -0.39 is 0 Å². The summed E-state index contributed by atoms with van der Waals surface area (Å²) < 4.78 is 5.03. The lowest BCUT2D eigenvalue weighted by molar-refractivity contribution is -0.136. The monoisotopic (exact) mass is 348 g/mol. The molecule has 0 saturated carbocycles. The highest BCUT2D eigenvalue weighted by Gasteiger charge is 2.37. The number of ether oxygens (including phenoxy) is 1. The molecule has 6 heteroatoms. The van der Waals surface area contributed by atoms with Gasteiger partial charge in [-0.1, -0.05) is 6.07 Å². The number of methoxy groups -OCH3 is 1. The van der Waals surface area contributed by atoms with E-state index in [1.165, 1.54) is 16.0 Å². The predicted molar refractivity (Wildman–Crippen MR) is 93.9 cm³/mol. The summed E-state index contributed by atoms with van der Waals surface area (Å²) in [5.74, 6) is -0.0309. The number of carbonyl (C=O) groups excluding carboxylic acids is 2. The number of nitrogens with zero attached hydrogens (tertiary/aromatic N) is 2. The summed E-state index contributed by atoms with van der Waals surface area (Å²) in [5.41, 5.74) is 2.57. The van der Waals surface area contributed by atoms with Crippen LogP contribution >= 0.6 is 11.8 Å². The van der Waals surface area contributed by atoms with Crippen LogP contribution in [0.5, 0.6) is 0 Å². The summed E-state index contributed by atoms with van der Waals surface area (Å²) >= 11 is 1.74. The van der Waals surface area contributed by atoms with Gasteiger partial charge >= 0.3 is 0 Å². The van der Waals surface area contributed by atoms with Gasteiger partial charge in [0, 0.05) is 44.6 Å². The molecule has 2 aliphatic heterocycles. The first-order chi connectivity index (χ1) is 11.6. The van der Waals surface area contributed by atoms with E-state index in [0.717, 1.165) is 13.0 Å². The van der Waals surface area contributed by atoms with E-state index >= 15 is 0 Å². The van der Waals surface area contributed by atoms with Crippen molar-refractivity contribution in [3.05, 3.63) is 29.3 Å². The molecular weight excluding hydrogens is 324 g/mol. The Kier molecular flexibility index (Phi) is 5.46. The van der Waals surface area contributed by atoms with E-state index in [-0.39, 0.29) is 17.7 Å². The van der Waals surface area contributed by atoms with Gasteiger partial charge in [0.05, 0.1) is 12.5 Å². The van der Waals surface area contributed by atoms with Crippen LogP contribution in [-0.4, -0.2) is 61.2 Å². The highest BCUT2D eigenvalue weighted by atomic mass is 32.2. The Morgan fingerprint density at radius 2 is 2.21 bits per heavy atom. The quantitative estimate of drug-likeness (QED) is 0.761. The molecule has 2 amide bonds. The zero-order valence-corrected chi connectivity index (χ0v) is 15.1. The second kappa shape index (κ2) is 7.57. The van der Waals surface area contributed by atoms with Crippen molar-refractivity contribution >= 4 is 23.6 Å². The van der Waals surface area contributed by atoms with E-state index in [4.69, 9.17) is 4.74 Å². The minimum Gasteiger partial charge on any atom is -0.383 e. The van der Waals surface area contributed by atoms with Gasteiger partial charge in [0.2, 0.25) is 11.8 Å². The molecule has 0 radical (unpaired) electrons. The molecule has 0 aliphatic carbocycles. The number of hydrogen-bond donors (Lipinski definition) is 0. The minimum atomic E-state index is -0.207. The molecule has 1 aromatic carbocycles. The molecule has 2 heterocycles. The van der Waals surface area contributed by atoms with Crippen molar-refractivity contribution in [2.24, 2.45) is 5.92 Å². The van der Waals surface area contributed by atoms with E-state index in [0.29, 0.717) is 32.7 Å². The molecule has 1 aromatic rings. The third-order valence-electron chi connectivity index (χ3n) is 4.87. The van der Waals surface area contributed by atoms with Crippen molar-refractivity contribution in [1.82, 2.24) is 9.80 Å². The Morgan fingerprint density at radius 3 is 2.96 bits per heavy atom. The van der Waals surface area contributed by atoms with Gasteiger partial charge < -0.3 is 14.5 Å². The molecule has 1 atom stereocenters. The maximum absolute atomic E-state index is 12.8. The molecule has 0 spiro atoms. The third-order valence-corrected chi connectivity index (χ3v) is 5.59. The van der Waals surface area contributed by atoms with Crippen molar-refractivity contribution in [2.75, 3.05) is 39.6 Å². The van der Waals surface area contributed by atoms with Crippen LogP contribution in [0.15, 0.2) is 23.1 Å². The van der Waals surface area contributed by atoms with Crippen LogP contribution in [0, 0.1) is 5.92 Å². The van der Waals surface area contributed by atoms with Crippen LogP contribution in [0.3, 0.4) is 0 Å². The van der Waals surface area contributed by atoms with Crippen LogP contribution < -0.4 is 0 Å². The summed E-state index contributed by atoms with van der Waals surface area (Å²) in [4.78, 5) is 29.8. The molecule has 2 aliphatic rings. The van der Waals surface area contributed by atoms with Crippen LogP contribution in [0.1, 0.15) is 17.5 Å². The summed E-state index contributed by atoms with van der Waals surface area (Å²) in [6.07, 6.45) is 3.30. The molecular formula is C18H24N2O3S. The molecule has 130 valence electrons. The van der Waals surface area contributed by atoms with Crippen molar-refractivity contribution in [2.45, 2.75) is 24.3 Å². The summed E-state index contributed by atoms with van der Waals surface area (Å²) in [7, 11) is 1.62. The van der Waals surface area contributed by atoms with E-state index in [2.05, 4.69) is 24.5 Å². The number of fused-ring (bicyclic) bond motifs is 1. The van der Waals surface area contributed by atoms with Gasteiger partial charge in [0.25, 0.3) is 0 Å². The zero-order valence-electron chi connectivity index (χ0n) is 14.3. The molecule has 24 heavy (non-hydrogen) atoms. The first-order valence-corrected chi connectivity index (χ1v) is 9.56. The van der Waals surface area contributed by atoms with Crippen molar-refractivity contribution in [3.63, 3.8) is 0 Å². The van der Waals surface area contributed by atoms with E-state index in [1.54, 1.807) is 23.8 Å². The second-order valence-corrected chi connectivity index (χ2v) is 7.26. The standard InChI is InChI=1S/C18H24N2O3S/c1-23-8-7-19-12-15(10-17(19)21)18(22)20-6-5-13-9-16(24-2)4-3-14(13)11-20/h3-4,9,15H,5-8,10-12H2,1-2H3/t15-/m0/s1. The van der Waals surface area contributed by atoms with Crippen LogP contribution in [0.4, 0.5) is 0 Å². The van der Waals surface area contributed by atoms with Gasteiger partial charge in [-0.15, -0.1) is 11.8 Å². The van der Waals surface area contributed by atoms with Gasteiger partial charge in [0.15, 0.2) is 0 Å². The lowest BCUT2D eigenvalue weighted by atomic mass is 9.98. The third kappa shape index (κ3) is 3.59. The lowest BCUT2D eigenvalue weighted by Crippen LogP contribution is -2.40. The SMILES string of the molecule is COCCN1C[C@@H](C(=O)N2CCc3cc(SC)ccc3C2)CC1=O. The highest BCUT2D eigenvalue weighted by molar-refractivity contribution is 7.98. The smallest absolute Gasteiger partial charge is 0.228 e. The summed E-state index contributed by atoms with van der Waals surface area (Å²) in [6, 6.07) is 6.47. The normalized spacial score (nSPS) is 20.4. The topological polar surface area (TPSA) is 49.9 Å². The molecule has 1 fully saturated rings. The largest absolute Gasteiger partial charge is 0.383 e. The Bertz CT molecular complexity index is 635. The number of hydrogen-bond acceptors (Lipinski definition) is 4. The average molecular weight is 348 g/mol. The van der Waals surface area contributed by atoms with Gasteiger partial charge in [-0.3, -0.25) is 9.59 Å². The fourth-order valence-corrected chi connectivity index (χ4v) is 3.92. The molecule has 3 rings (SSSR count). The van der Waals surface area contributed by atoms with Crippen molar-refractivity contribution in [3.8, 4) is 0 Å². The van der Waals surface area contributed by atoms with Gasteiger partial charge in [0.1, 0.15) is 0 Å². The number of likely N-dealkylation sites (tertiary alicyclic amines) is 1. The van der Waals surface area contributed by atoms with E-state index in [9.17, 15) is 9.59 Å². The van der Waals surface area contributed by atoms with Crippen molar-refractivity contribution in [1.29, 1.82) is 0 Å². The summed E-state index contributed by atoms with van der Waals surface area (Å²) in [5, 5.41) is 0. The minimum absolute atomic E-state index is 0.0624. The fraction of sp³-hybridized carbons (Fsp3) is 0.556. The molecule has 0 bridgehead atoms. The first-order valence-electron chi connectivity index (χ1n) is 8.33. The second-order valence-electron chi connectivity index (χ2n) is 6.38. The molecule has 5 nitrogen and oxygen atoms in total. The highest BCUT2D eigenvalue weighted by Crippen LogP contribution is 2.27. The average Bonchev–Trinajstić information content (AvgIpc) is 2.99. The number of benzene rings is 1. The molecule has 0 unspecified atom stereocenters. The zero-order chi connectivity index (χ0) is 17.1. The fourth-order valence-electron chi connectivity index (χ4n) is 3.46. The number of thioether (sulfide) groups is 1. The lowest BCUT2D eigenvalue weighted by Gasteiger charge is -2.31. The van der Waals surface area contributed by atoms with Crippen LogP contribution in [-0.2, 0) is 27.3 Å². The molecule has 0 N–H and O–H groups in total.